The van der Waals surface area contributed by atoms with Crippen LogP contribution in [0.3, 0.4) is 0 Å². The Balaban J connectivity index is 3.80. The van der Waals surface area contributed by atoms with Crippen molar-refractivity contribution in [3.05, 3.63) is 12.3 Å². The van der Waals surface area contributed by atoms with E-state index < -0.39 is 11.8 Å². The van der Waals surface area contributed by atoms with Crippen LogP contribution >= 0.6 is 0 Å². The number of hydrogen-bond acceptors (Lipinski definition) is 1. The Morgan fingerprint density at radius 1 is 1.09 bits per heavy atom. The van der Waals surface area contributed by atoms with Crippen molar-refractivity contribution in [1.29, 1.82) is 0 Å². The van der Waals surface area contributed by atoms with Gasteiger partial charge >= 0.3 is 6.18 Å². The van der Waals surface area contributed by atoms with Crippen molar-refractivity contribution >= 4 is 0 Å². The normalized spacial score (nSPS) is 14.0. The van der Waals surface area contributed by atoms with Crippen molar-refractivity contribution in [1.82, 2.24) is 0 Å². The van der Waals surface area contributed by atoms with Crippen LogP contribution in [0, 0.1) is 0 Å². The minimum atomic E-state index is -4.29. The van der Waals surface area contributed by atoms with Crippen molar-refractivity contribution in [3.63, 3.8) is 0 Å². The zero-order valence-corrected chi connectivity index (χ0v) is 6.70. The largest absolute Gasteiger partial charge is 0.496 e. The molecule has 0 aliphatic heterocycles. The van der Waals surface area contributed by atoms with Crippen LogP contribution in [0.2, 0.25) is 0 Å². The van der Waals surface area contributed by atoms with Gasteiger partial charge in [0.15, 0.2) is 0 Å². The summed E-state index contributed by atoms with van der Waals surface area (Å²) in [4.78, 5) is 0. The molecule has 0 amide bonds. The maximum absolute atomic E-state index is 11.5. The van der Waals surface area contributed by atoms with Crippen LogP contribution in [0.1, 0.15) is 20.8 Å². The average molecular weight is 168 g/mol. The first-order chi connectivity index (χ1) is 4.71. The Morgan fingerprint density at radius 3 is 1.82 bits per heavy atom. The van der Waals surface area contributed by atoms with Crippen LogP contribution in [0.25, 0.3) is 0 Å². The first kappa shape index (κ1) is 10.3. The Labute approximate surface area is 63.8 Å². The first-order valence-electron chi connectivity index (χ1n) is 3.13. The number of hydrogen-bond donors (Lipinski definition) is 0. The van der Waals surface area contributed by atoms with Gasteiger partial charge in [-0.3, -0.25) is 0 Å². The lowest BCUT2D eigenvalue weighted by Crippen LogP contribution is -2.16. The second-order valence-corrected chi connectivity index (χ2v) is 3.07. The molecule has 11 heavy (non-hydrogen) atoms. The molecule has 0 spiro atoms. The topological polar surface area (TPSA) is 9.23 Å². The van der Waals surface area contributed by atoms with Crippen molar-refractivity contribution in [3.8, 4) is 0 Å². The molecule has 0 bridgehead atoms. The van der Waals surface area contributed by atoms with E-state index >= 15 is 0 Å². The third-order valence-electron chi connectivity index (χ3n) is 0.679. The molecule has 0 heterocycles. The lowest BCUT2D eigenvalue weighted by atomic mass is 10.2. The molecular formula is C7H11F3O. The fourth-order valence-electron chi connectivity index (χ4n) is 0.315. The lowest BCUT2D eigenvalue weighted by molar-refractivity contribution is -0.0829. The summed E-state index contributed by atoms with van der Waals surface area (Å²) >= 11 is 0. The summed E-state index contributed by atoms with van der Waals surface area (Å²) in [5.74, 6) is 0. The van der Waals surface area contributed by atoms with E-state index in [1.807, 2.05) is 0 Å². The maximum Gasteiger partial charge on any atom is 0.412 e. The molecule has 0 fully saturated rings. The third kappa shape index (κ3) is 9.33. The molecule has 0 saturated heterocycles. The summed E-state index contributed by atoms with van der Waals surface area (Å²) in [6, 6.07) is 0. The SMILES string of the molecule is CC(C)(C)O/C=C/C(F)(F)F. The van der Waals surface area contributed by atoms with Crippen LogP contribution in [-0.4, -0.2) is 11.8 Å². The summed E-state index contributed by atoms with van der Waals surface area (Å²) in [5.41, 5.74) is -0.568. The monoisotopic (exact) mass is 168 g/mol. The van der Waals surface area contributed by atoms with E-state index in [0.717, 1.165) is 0 Å². The Bertz CT molecular complexity index is 141. The highest BCUT2D eigenvalue weighted by molar-refractivity contribution is 4.83. The van der Waals surface area contributed by atoms with Crippen LogP contribution in [0.5, 0.6) is 0 Å². The van der Waals surface area contributed by atoms with Gasteiger partial charge in [0.1, 0.15) is 0 Å². The number of alkyl halides is 3. The molecule has 0 unspecified atom stereocenters. The Morgan fingerprint density at radius 2 is 1.55 bits per heavy atom. The van der Waals surface area contributed by atoms with Gasteiger partial charge in [0.25, 0.3) is 0 Å². The number of allylic oxidation sites excluding steroid dienone is 1. The molecule has 0 aromatic rings. The van der Waals surface area contributed by atoms with Crippen molar-refractivity contribution in [2.45, 2.75) is 32.5 Å². The average Bonchev–Trinajstić information content (AvgIpc) is 1.55. The van der Waals surface area contributed by atoms with E-state index in [4.69, 9.17) is 4.74 Å². The van der Waals surface area contributed by atoms with E-state index in [2.05, 4.69) is 0 Å². The minimum absolute atomic E-state index is 0.0677. The predicted octanol–water partition coefficient (Wildman–Crippen LogP) is 2.88. The highest BCUT2D eigenvalue weighted by Gasteiger charge is 2.22. The van der Waals surface area contributed by atoms with E-state index in [-0.39, 0.29) is 6.08 Å². The summed E-state index contributed by atoms with van der Waals surface area (Å²) < 4.78 is 39.1. The molecule has 0 rings (SSSR count). The molecule has 0 N–H and O–H groups in total. The Kier molecular flexibility index (Phi) is 2.96. The molecule has 4 heteroatoms. The van der Waals surface area contributed by atoms with Crippen LogP contribution in [0.15, 0.2) is 12.3 Å². The molecule has 0 aromatic carbocycles. The third-order valence-corrected chi connectivity index (χ3v) is 0.679. The fourth-order valence-corrected chi connectivity index (χ4v) is 0.315. The molecule has 0 aliphatic rings. The zero-order valence-electron chi connectivity index (χ0n) is 6.70. The van der Waals surface area contributed by atoms with Crippen LogP contribution in [0.4, 0.5) is 13.2 Å². The summed E-state index contributed by atoms with van der Waals surface area (Å²) in [7, 11) is 0. The molecule has 0 aromatic heterocycles. The van der Waals surface area contributed by atoms with Gasteiger partial charge in [-0.25, -0.2) is 0 Å². The second-order valence-electron chi connectivity index (χ2n) is 3.07. The molecule has 0 atom stereocenters. The number of rotatable bonds is 1. The fraction of sp³-hybridized carbons (Fsp3) is 0.714. The smallest absolute Gasteiger partial charge is 0.412 e. The molecule has 0 saturated carbocycles. The highest BCUT2D eigenvalue weighted by Crippen LogP contribution is 2.17. The zero-order chi connectivity index (χ0) is 9.12. The van der Waals surface area contributed by atoms with Gasteiger partial charge < -0.3 is 4.74 Å². The maximum atomic E-state index is 11.5. The first-order valence-corrected chi connectivity index (χ1v) is 3.13. The Hall–Kier alpha value is -0.670. The molecule has 0 radical (unpaired) electrons. The summed E-state index contributed by atoms with van der Waals surface area (Å²) in [5, 5.41) is 0. The van der Waals surface area contributed by atoms with Gasteiger partial charge in [-0.15, -0.1) is 0 Å². The van der Waals surface area contributed by atoms with Crippen LogP contribution < -0.4 is 0 Å². The highest BCUT2D eigenvalue weighted by atomic mass is 19.4. The standard InChI is InChI=1S/C7H11F3O/c1-6(2,3)11-5-4-7(8,9)10/h4-5H,1-3H3/b5-4+. The second kappa shape index (κ2) is 3.15. The molecule has 1 nitrogen and oxygen atoms in total. The molecule has 0 aliphatic carbocycles. The summed E-state index contributed by atoms with van der Waals surface area (Å²) in [6.45, 7) is 5.02. The van der Waals surface area contributed by atoms with Gasteiger partial charge in [0.2, 0.25) is 0 Å². The number of ether oxygens (including phenoxy) is 1. The molecular weight excluding hydrogens is 157 g/mol. The van der Waals surface area contributed by atoms with Gasteiger partial charge in [-0.1, -0.05) is 0 Å². The van der Waals surface area contributed by atoms with Gasteiger partial charge in [-0.2, -0.15) is 13.2 Å². The van der Waals surface area contributed by atoms with Gasteiger partial charge in [0, 0.05) is 0 Å². The van der Waals surface area contributed by atoms with E-state index in [1.165, 1.54) is 0 Å². The van der Waals surface area contributed by atoms with Gasteiger partial charge in [-0.05, 0) is 20.8 Å². The van der Waals surface area contributed by atoms with Crippen molar-refractivity contribution in [2.24, 2.45) is 0 Å². The predicted molar refractivity (Wildman–Crippen MR) is 36.0 cm³/mol. The summed E-state index contributed by atoms with van der Waals surface area (Å²) in [6.07, 6.45) is -3.55. The van der Waals surface area contributed by atoms with E-state index in [9.17, 15) is 13.2 Å². The van der Waals surface area contributed by atoms with Gasteiger partial charge in [0.05, 0.1) is 17.9 Å². The quantitative estimate of drug-likeness (QED) is 0.547. The van der Waals surface area contributed by atoms with Crippen molar-refractivity contribution < 1.29 is 17.9 Å². The van der Waals surface area contributed by atoms with Crippen molar-refractivity contribution in [2.75, 3.05) is 0 Å². The lowest BCUT2D eigenvalue weighted by Gasteiger charge is -2.17. The number of halogens is 3. The van der Waals surface area contributed by atoms with E-state index in [0.29, 0.717) is 6.26 Å². The minimum Gasteiger partial charge on any atom is -0.496 e. The van der Waals surface area contributed by atoms with Crippen LogP contribution in [-0.2, 0) is 4.74 Å². The van der Waals surface area contributed by atoms with E-state index in [1.54, 1.807) is 20.8 Å². The molecule has 66 valence electrons.